The first-order chi connectivity index (χ1) is 10.1. The Morgan fingerprint density at radius 3 is 2.71 bits per heavy atom. The van der Waals surface area contributed by atoms with Crippen LogP contribution in [0.3, 0.4) is 0 Å². The van der Waals surface area contributed by atoms with E-state index in [2.05, 4.69) is 16.4 Å². The number of aromatic carboxylic acids is 1. The molecule has 0 unspecified atom stereocenters. The van der Waals surface area contributed by atoms with Gasteiger partial charge in [0, 0.05) is 11.1 Å². The summed E-state index contributed by atoms with van der Waals surface area (Å²) < 4.78 is 0. The molecule has 0 radical (unpaired) electrons. The zero-order valence-corrected chi connectivity index (χ0v) is 11.5. The van der Waals surface area contributed by atoms with E-state index in [0.29, 0.717) is 5.69 Å². The number of carboxylic acid groups (broad SMARTS) is 1. The molecule has 1 heterocycles. The molecule has 4 nitrogen and oxygen atoms in total. The molecule has 0 atom stereocenters. The Morgan fingerprint density at radius 1 is 1.10 bits per heavy atom. The van der Waals surface area contributed by atoms with Crippen molar-refractivity contribution in [2.24, 2.45) is 0 Å². The number of hydrogen-bond donors (Lipinski definition) is 2. The number of carbonyl (C=O) groups is 1. The highest BCUT2D eigenvalue weighted by Crippen LogP contribution is 2.23. The summed E-state index contributed by atoms with van der Waals surface area (Å²) in [6.45, 7) is 1.98. The number of aryl methyl sites for hydroxylation is 1. The standard InChI is InChI=1S/C17H14N2O2/c1-11-9-12-5-2-3-8-15(12)19-16(11)18-14-7-4-6-13(10-14)17(20)21/h2-10H,1H3,(H,18,19)(H,20,21). The zero-order chi connectivity index (χ0) is 14.8. The predicted octanol–water partition coefficient (Wildman–Crippen LogP) is 3.99. The monoisotopic (exact) mass is 278 g/mol. The number of anilines is 2. The number of nitrogens with one attached hydrogen (secondary N) is 1. The molecule has 104 valence electrons. The second-order valence-electron chi connectivity index (χ2n) is 4.86. The Bertz CT molecular complexity index is 828. The summed E-state index contributed by atoms with van der Waals surface area (Å²) in [5.41, 5.74) is 2.87. The Balaban J connectivity index is 1.99. The quantitative estimate of drug-likeness (QED) is 0.760. The molecule has 0 aliphatic heterocycles. The maximum atomic E-state index is 11.0. The first-order valence-corrected chi connectivity index (χ1v) is 6.60. The van der Waals surface area contributed by atoms with Gasteiger partial charge in [0.25, 0.3) is 0 Å². The maximum Gasteiger partial charge on any atom is 0.335 e. The van der Waals surface area contributed by atoms with E-state index in [9.17, 15) is 4.79 Å². The first-order valence-electron chi connectivity index (χ1n) is 6.60. The van der Waals surface area contributed by atoms with Crippen molar-refractivity contribution in [2.45, 2.75) is 6.92 Å². The fraction of sp³-hybridized carbons (Fsp3) is 0.0588. The second-order valence-corrected chi connectivity index (χ2v) is 4.86. The molecule has 1 aromatic heterocycles. The van der Waals surface area contributed by atoms with Crippen LogP contribution in [0, 0.1) is 6.92 Å². The van der Waals surface area contributed by atoms with Crippen molar-refractivity contribution < 1.29 is 9.90 Å². The zero-order valence-electron chi connectivity index (χ0n) is 11.5. The van der Waals surface area contributed by atoms with Crippen LogP contribution in [0.15, 0.2) is 54.6 Å². The minimum atomic E-state index is -0.943. The number of fused-ring (bicyclic) bond motifs is 1. The normalized spacial score (nSPS) is 10.5. The molecular weight excluding hydrogens is 264 g/mol. The molecule has 2 N–H and O–H groups in total. The van der Waals surface area contributed by atoms with E-state index < -0.39 is 5.97 Å². The second kappa shape index (κ2) is 5.25. The van der Waals surface area contributed by atoms with Gasteiger partial charge in [-0.05, 0) is 42.8 Å². The molecule has 0 spiro atoms. The van der Waals surface area contributed by atoms with Crippen molar-refractivity contribution in [3.05, 3.63) is 65.7 Å². The summed E-state index contributed by atoms with van der Waals surface area (Å²) in [7, 11) is 0. The molecule has 0 aliphatic rings. The van der Waals surface area contributed by atoms with Crippen molar-refractivity contribution in [1.82, 2.24) is 4.98 Å². The average Bonchev–Trinajstić information content (AvgIpc) is 2.48. The fourth-order valence-electron chi connectivity index (χ4n) is 2.21. The highest BCUT2D eigenvalue weighted by atomic mass is 16.4. The summed E-state index contributed by atoms with van der Waals surface area (Å²) in [6, 6.07) is 16.6. The minimum absolute atomic E-state index is 0.249. The molecule has 0 bridgehead atoms. The SMILES string of the molecule is Cc1cc2ccccc2nc1Nc1cccc(C(=O)O)c1. The van der Waals surface area contributed by atoms with Crippen LogP contribution in [-0.2, 0) is 0 Å². The van der Waals surface area contributed by atoms with Gasteiger partial charge in [0.15, 0.2) is 0 Å². The van der Waals surface area contributed by atoms with E-state index in [1.54, 1.807) is 18.2 Å². The minimum Gasteiger partial charge on any atom is -0.478 e. The number of benzene rings is 2. The summed E-state index contributed by atoms with van der Waals surface area (Å²) in [5, 5.41) is 13.3. The molecule has 0 aliphatic carbocycles. The van der Waals surface area contributed by atoms with Crippen molar-refractivity contribution in [1.29, 1.82) is 0 Å². The molecule has 3 aromatic rings. The lowest BCUT2D eigenvalue weighted by Crippen LogP contribution is -2.00. The van der Waals surface area contributed by atoms with E-state index in [1.807, 2.05) is 37.3 Å². The van der Waals surface area contributed by atoms with E-state index in [-0.39, 0.29) is 5.56 Å². The number of nitrogens with zero attached hydrogens (tertiary/aromatic N) is 1. The molecule has 3 rings (SSSR count). The van der Waals surface area contributed by atoms with Crippen molar-refractivity contribution >= 4 is 28.4 Å². The number of aromatic nitrogens is 1. The number of para-hydroxylation sites is 1. The smallest absolute Gasteiger partial charge is 0.335 e. The van der Waals surface area contributed by atoms with Gasteiger partial charge in [-0.2, -0.15) is 0 Å². The van der Waals surface area contributed by atoms with Gasteiger partial charge in [0.05, 0.1) is 11.1 Å². The number of hydrogen-bond acceptors (Lipinski definition) is 3. The van der Waals surface area contributed by atoms with Crippen LogP contribution in [0.4, 0.5) is 11.5 Å². The molecule has 0 amide bonds. The molecule has 0 saturated heterocycles. The highest BCUT2D eigenvalue weighted by Gasteiger charge is 2.06. The van der Waals surface area contributed by atoms with E-state index in [4.69, 9.17) is 5.11 Å². The van der Waals surface area contributed by atoms with Gasteiger partial charge in [-0.3, -0.25) is 0 Å². The maximum absolute atomic E-state index is 11.0. The number of rotatable bonds is 3. The molecule has 0 fully saturated rings. The van der Waals surface area contributed by atoms with Crippen LogP contribution in [0.2, 0.25) is 0 Å². The van der Waals surface area contributed by atoms with Crippen LogP contribution < -0.4 is 5.32 Å². The van der Waals surface area contributed by atoms with Crippen LogP contribution >= 0.6 is 0 Å². The van der Waals surface area contributed by atoms with E-state index >= 15 is 0 Å². The third-order valence-electron chi connectivity index (χ3n) is 3.29. The summed E-state index contributed by atoms with van der Waals surface area (Å²) in [6.07, 6.45) is 0. The fourth-order valence-corrected chi connectivity index (χ4v) is 2.21. The predicted molar refractivity (Wildman–Crippen MR) is 83.2 cm³/mol. The average molecular weight is 278 g/mol. The topological polar surface area (TPSA) is 62.2 Å². The van der Waals surface area contributed by atoms with Crippen molar-refractivity contribution in [3.8, 4) is 0 Å². The van der Waals surface area contributed by atoms with Crippen LogP contribution in [0.5, 0.6) is 0 Å². The molecule has 4 heteroatoms. The van der Waals surface area contributed by atoms with E-state index in [0.717, 1.165) is 22.3 Å². The van der Waals surface area contributed by atoms with Gasteiger partial charge < -0.3 is 10.4 Å². The highest BCUT2D eigenvalue weighted by molar-refractivity contribution is 5.89. The van der Waals surface area contributed by atoms with Gasteiger partial charge in [-0.15, -0.1) is 0 Å². The first kappa shape index (κ1) is 13.1. The van der Waals surface area contributed by atoms with Crippen molar-refractivity contribution in [3.63, 3.8) is 0 Å². The lowest BCUT2D eigenvalue weighted by Gasteiger charge is -2.10. The van der Waals surface area contributed by atoms with Crippen LogP contribution in [0.25, 0.3) is 10.9 Å². The summed E-state index contributed by atoms with van der Waals surface area (Å²) >= 11 is 0. The Hall–Kier alpha value is -2.88. The molecule has 2 aromatic carbocycles. The largest absolute Gasteiger partial charge is 0.478 e. The van der Waals surface area contributed by atoms with Gasteiger partial charge in [-0.1, -0.05) is 24.3 Å². The summed E-state index contributed by atoms with van der Waals surface area (Å²) in [5.74, 6) is -0.210. The third-order valence-corrected chi connectivity index (χ3v) is 3.29. The Kier molecular flexibility index (Phi) is 3.28. The lowest BCUT2D eigenvalue weighted by molar-refractivity contribution is 0.0697. The third kappa shape index (κ3) is 2.69. The van der Waals surface area contributed by atoms with Gasteiger partial charge in [0.1, 0.15) is 5.82 Å². The molecular formula is C17H14N2O2. The molecule has 21 heavy (non-hydrogen) atoms. The van der Waals surface area contributed by atoms with Crippen LogP contribution in [-0.4, -0.2) is 16.1 Å². The van der Waals surface area contributed by atoms with Gasteiger partial charge in [0.2, 0.25) is 0 Å². The summed E-state index contributed by atoms with van der Waals surface area (Å²) in [4.78, 5) is 15.6. The van der Waals surface area contributed by atoms with Crippen molar-refractivity contribution in [2.75, 3.05) is 5.32 Å². The van der Waals surface area contributed by atoms with E-state index in [1.165, 1.54) is 0 Å². The lowest BCUT2D eigenvalue weighted by atomic mass is 10.1. The number of carboxylic acids is 1. The number of pyridine rings is 1. The van der Waals surface area contributed by atoms with Gasteiger partial charge in [-0.25, -0.2) is 9.78 Å². The Labute approximate surface area is 122 Å². The molecule has 0 saturated carbocycles. The van der Waals surface area contributed by atoms with Crippen LogP contribution in [0.1, 0.15) is 15.9 Å². The Morgan fingerprint density at radius 2 is 1.90 bits per heavy atom. The van der Waals surface area contributed by atoms with Gasteiger partial charge >= 0.3 is 5.97 Å².